The van der Waals surface area contributed by atoms with E-state index >= 15 is 0 Å². The van der Waals surface area contributed by atoms with E-state index in [-0.39, 0.29) is 5.60 Å². The predicted octanol–water partition coefficient (Wildman–Crippen LogP) is 0.791. The highest BCUT2D eigenvalue weighted by Crippen LogP contribution is 2.24. The molecule has 1 saturated heterocycles. The summed E-state index contributed by atoms with van der Waals surface area (Å²) in [5.74, 6) is 0. The van der Waals surface area contributed by atoms with Gasteiger partial charge in [0.25, 0.3) is 0 Å². The van der Waals surface area contributed by atoms with Gasteiger partial charge in [-0.3, -0.25) is 0 Å². The van der Waals surface area contributed by atoms with Crippen LogP contribution in [0.25, 0.3) is 0 Å². The molecule has 0 aromatic heterocycles. The molecular weight excluding hydrogens is 154 g/mol. The third-order valence-electron chi connectivity index (χ3n) is 2.35. The van der Waals surface area contributed by atoms with E-state index in [1.807, 2.05) is 14.0 Å². The van der Waals surface area contributed by atoms with Crippen molar-refractivity contribution in [1.29, 1.82) is 0 Å². The third-order valence-corrected chi connectivity index (χ3v) is 2.35. The van der Waals surface area contributed by atoms with Crippen molar-refractivity contribution in [2.75, 3.05) is 33.4 Å². The van der Waals surface area contributed by atoms with Gasteiger partial charge in [-0.05, 0) is 14.0 Å². The number of nitrogens with one attached hydrogen (secondary N) is 1. The first-order valence-corrected chi connectivity index (χ1v) is 4.69. The van der Waals surface area contributed by atoms with Gasteiger partial charge >= 0.3 is 0 Å². The zero-order valence-electron chi connectivity index (χ0n) is 8.06. The zero-order chi connectivity index (χ0) is 8.86. The lowest BCUT2D eigenvalue weighted by atomic mass is 9.94. The van der Waals surface area contributed by atoms with E-state index in [1.165, 1.54) is 0 Å². The van der Waals surface area contributed by atoms with E-state index < -0.39 is 0 Å². The van der Waals surface area contributed by atoms with Crippen molar-refractivity contribution in [3.05, 3.63) is 0 Å². The number of likely N-dealkylation sites (N-methyl/N-ethyl adjacent to an activating group) is 1. The van der Waals surface area contributed by atoms with Crippen molar-refractivity contribution >= 4 is 0 Å². The Hall–Kier alpha value is -0.120. The molecule has 0 aromatic rings. The molecule has 0 unspecified atom stereocenters. The average molecular weight is 173 g/mol. The summed E-state index contributed by atoms with van der Waals surface area (Å²) in [6, 6.07) is 0. The molecule has 72 valence electrons. The van der Waals surface area contributed by atoms with E-state index in [1.54, 1.807) is 0 Å². The number of ether oxygens (including phenoxy) is 2. The van der Waals surface area contributed by atoms with Gasteiger partial charge in [0.2, 0.25) is 0 Å². The Balaban J connectivity index is 2.44. The van der Waals surface area contributed by atoms with Crippen LogP contribution in [0.1, 0.15) is 19.8 Å². The molecule has 1 aliphatic rings. The highest BCUT2D eigenvalue weighted by molar-refractivity contribution is 4.85. The summed E-state index contributed by atoms with van der Waals surface area (Å²) in [5.41, 5.74) is 0.0434. The van der Waals surface area contributed by atoms with E-state index in [4.69, 9.17) is 9.47 Å². The summed E-state index contributed by atoms with van der Waals surface area (Å²) >= 11 is 0. The molecule has 1 aliphatic heterocycles. The van der Waals surface area contributed by atoms with Crippen LogP contribution in [0.4, 0.5) is 0 Å². The van der Waals surface area contributed by atoms with Gasteiger partial charge in [-0.15, -0.1) is 0 Å². The smallest absolute Gasteiger partial charge is 0.0849 e. The zero-order valence-corrected chi connectivity index (χ0v) is 8.06. The van der Waals surface area contributed by atoms with E-state index in [0.717, 1.165) is 39.2 Å². The van der Waals surface area contributed by atoms with Crippen molar-refractivity contribution < 1.29 is 9.47 Å². The molecule has 0 saturated carbocycles. The number of hydrogen-bond acceptors (Lipinski definition) is 3. The molecule has 3 nitrogen and oxygen atoms in total. The van der Waals surface area contributed by atoms with Gasteiger partial charge in [-0.2, -0.15) is 0 Å². The van der Waals surface area contributed by atoms with Crippen molar-refractivity contribution in [2.24, 2.45) is 0 Å². The van der Waals surface area contributed by atoms with Gasteiger partial charge in [0.05, 0.1) is 5.60 Å². The average Bonchev–Trinajstić information content (AvgIpc) is 2.07. The topological polar surface area (TPSA) is 30.5 Å². The van der Waals surface area contributed by atoms with Gasteiger partial charge in [-0.1, -0.05) is 0 Å². The minimum atomic E-state index is 0.0434. The molecule has 1 rings (SSSR count). The molecule has 3 heteroatoms. The second-order valence-electron chi connectivity index (χ2n) is 3.26. The van der Waals surface area contributed by atoms with Crippen LogP contribution in [0.15, 0.2) is 0 Å². The third kappa shape index (κ3) is 2.44. The van der Waals surface area contributed by atoms with E-state index in [9.17, 15) is 0 Å². The lowest BCUT2D eigenvalue weighted by molar-refractivity contribution is -0.104. The molecule has 0 bridgehead atoms. The molecule has 1 N–H and O–H groups in total. The van der Waals surface area contributed by atoms with E-state index in [0.29, 0.717) is 0 Å². The summed E-state index contributed by atoms with van der Waals surface area (Å²) in [5, 5.41) is 3.18. The molecule has 0 spiro atoms. The standard InChI is InChI=1S/C9H19NO2/c1-3-12-9(8-10-2)4-6-11-7-5-9/h10H,3-8H2,1-2H3. The maximum Gasteiger partial charge on any atom is 0.0849 e. The highest BCUT2D eigenvalue weighted by Gasteiger charge is 2.32. The fraction of sp³-hybridized carbons (Fsp3) is 1.00. The summed E-state index contributed by atoms with van der Waals surface area (Å²) in [6.45, 7) is 5.45. The Labute approximate surface area is 74.4 Å². The van der Waals surface area contributed by atoms with Crippen LogP contribution in [0, 0.1) is 0 Å². The Kier molecular flexibility index (Phi) is 3.98. The van der Waals surface area contributed by atoms with Crippen LogP contribution in [0.3, 0.4) is 0 Å². The number of rotatable bonds is 4. The first kappa shape index (κ1) is 9.96. The second kappa shape index (κ2) is 4.80. The Bertz CT molecular complexity index is 106. The maximum absolute atomic E-state index is 5.77. The minimum absolute atomic E-state index is 0.0434. The van der Waals surface area contributed by atoms with Crippen molar-refractivity contribution in [1.82, 2.24) is 5.32 Å². The molecule has 1 heterocycles. The SMILES string of the molecule is CCOC1(CNC)CCOCC1. The first-order chi connectivity index (χ1) is 5.83. The van der Waals surface area contributed by atoms with Gasteiger partial charge < -0.3 is 14.8 Å². The van der Waals surface area contributed by atoms with Gasteiger partial charge in [-0.25, -0.2) is 0 Å². The fourth-order valence-electron chi connectivity index (χ4n) is 1.74. The molecule has 0 radical (unpaired) electrons. The molecular formula is C9H19NO2. The summed E-state index contributed by atoms with van der Waals surface area (Å²) < 4.78 is 11.1. The minimum Gasteiger partial charge on any atom is -0.381 e. The second-order valence-corrected chi connectivity index (χ2v) is 3.26. The fourth-order valence-corrected chi connectivity index (χ4v) is 1.74. The van der Waals surface area contributed by atoms with Crippen molar-refractivity contribution in [3.63, 3.8) is 0 Å². The van der Waals surface area contributed by atoms with Crippen LogP contribution < -0.4 is 5.32 Å². The lowest BCUT2D eigenvalue weighted by Gasteiger charge is -2.36. The molecule has 12 heavy (non-hydrogen) atoms. The highest BCUT2D eigenvalue weighted by atomic mass is 16.5. The quantitative estimate of drug-likeness (QED) is 0.682. The van der Waals surface area contributed by atoms with Gasteiger partial charge in [0.15, 0.2) is 0 Å². The first-order valence-electron chi connectivity index (χ1n) is 4.69. The Morgan fingerprint density at radius 1 is 1.42 bits per heavy atom. The van der Waals surface area contributed by atoms with Crippen molar-refractivity contribution in [2.45, 2.75) is 25.4 Å². The predicted molar refractivity (Wildman–Crippen MR) is 48.3 cm³/mol. The normalized spacial score (nSPS) is 22.5. The molecule has 0 atom stereocenters. The Morgan fingerprint density at radius 3 is 2.58 bits per heavy atom. The van der Waals surface area contributed by atoms with Crippen LogP contribution >= 0.6 is 0 Å². The van der Waals surface area contributed by atoms with E-state index in [2.05, 4.69) is 5.32 Å². The van der Waals surface area contributed by atoms with Crippen LogP contribution in [-0.2, 0) is 9.47 Å². The summed E-state index contributed by atoms with van der Waals surface area (Å²) in [6.07, 6.45) is 2.03. The van der Waals surface area contributed by atoms with Crippen LogP contribution in [0.5, 0.6) is 0 Å². The summed E-state index contributed by atoms with van der Waals surface area (Å²) in [4.78, 5) is 0. The molecule has 0 amide bonds. The molecule has 1 fully saturated rings. The molecule has 0 aliphatic carbocycles. The Morgan fingerprint density at radius 2 is 2.08 bits per heavy atom. The largest absolute Gasteiger partial charge is 0.381 e. The molecule has 0 aromatic carbocycles. The van der Waals surface area contributed by atoms with Crippen LogP contribution in [0.2, 0.25) is 0 Å². The van der Waals surface area contributed by atoms with Gasteiger partial charge in [0.1, 0.15) is 0 Å². The monoisotopic (exact) mass is 173 g/mol. The number of hydrogen-bond donors (Lipinski definition) is 1. The lowest BCUT2D eigenvalue weighted by Crippen LogP contribution is -2.46. The summed E-state index contributed by atoms with van der Waals surface area (Å²) in [7, 11) is 1.97. The van der Waals surface area contributed by atoms with Crippen LogP contribution in [-0.4, -0.2) is 39.0 Å². The van der Waals surface area contributed by atoms with Gasteiger partial charge in [0, 0.05) is 39.2 Å². The maximum atomic E-state index is 5.77. The van der Waals surface area contributed by atoms with Crippen molar-refractivity contribution in [3.8, 4) is 0 Å².